The fourth-order valence-electron chi connectivity index (χ4n) is 0.823. The van der Waals surface area contributed by atoms with Crippen molar-refractivity contribution in [3.05, 3.63) is 11.5 Å². The van der Waals surface area contributed by atoms with Gasteiger partial charge in [0.2, 0.25) is 17.3 Å². The van der Waals surface area contributed by atoms with Crippen LogP contribution in [0.1, 0.15) is 0 Å². The summed E-state index contributed by atoms with van der Waals surface area (Å²) in [5.74, 6) is -5.04. The van der Waals surface area contributed by atoms with Gasteiger partial charge in [-0.2, -0.15) is 0 Å². The van der Waals surface area contributed by atoms with E-state index < -0.39 is 34.9 Å². The predicted octanol–water partition coefficient (Wildman–Crippen LogP) is -1.34. The number of ketones is 2. The molecule has 0 radical (unpaired) electrons. The number of hydrogen-bond donors (Lipinski definition) is 4. The van der Waals surface area contributed by atoms with Crippen molar-refractivity contribution in [3.8, 4) is 0 Å². The molecule has 0 spiro atoms. The lowest BCUT2D eigenvalue weighted by atomic mass is 9.97. The molecular weight excluding hydrogens is 182 g/mol. The summed E-state index contributed by atoms with van der Waals surface area (Å²) < 4.78 is 0. The van der Waals surface area contributed by atoms with E-state index >= 15 is 0 Å². The summed E-state index contributed by atoms with van der Waals surface area (Å²) in [5.41, 5.74) is -0.916. The molecular formula is C6H5NO6. The van der Waals surface area contributed by atoms with Crippen molar-refractivity contribution in [1.82, 2.24) is 0 Å². The van der Waals surface area contributed by atoms with Gasteiger partial charge in [0.1, 0.15) is 0 Å². The van der Waals surface area contributed by atoms with E-state index in [0.29, 0.717) is 0 Å². The van der Waals surface area contributed by atoms with Crippen molar-refractivity contribution in [2.45, 2.75) is 6.10 Å². The highest BCUT2D eigenvalue weighted by Gasteiger charge is 2.40. The standard InChI is InChI=1S/C6H5NO6/c8-2-1(7-13)3(9)5(11)6(12)4(2)10/h2,8,11-13H. The maximum Gasteiger partial charge on any atom is 0.252 e. The van der Waals surface area contributed by atoms with Crippen LogP contribution in [0.4, 0.5) is 0 Å². The lowest BCUT2D eigenvalue weighted by Crippen LogP contribution is -2.42. The molecule has 7 heteroatoms. The highest BCUT2D eigenvalue weighted by molar-refractivity contribution is 6.53. The van der Waals surface area contributed by atoms with Gasteiger partial charge in [0.15, 0.2) is 11.8 Å². The number of Topliss-reactive ketones (excluding diaryl/α,β-unsaturated/α-hetero) is 2. The first-order valence-corrected chi connectivity index (χ1v) is 3.11. The average Bonchev–Trinajstić information content (AvgIpc) is 2.13. The van der Waals surface area contributed by atoms with E-state index in [0.717, 1.165) is 0 Å². The number of carbonyl (C=O) groups is 2. The number of nitrogens with zero attached hydrogens (tertiary/aromatic N) is 1. The lowest BCUT2D eigenvalue weighted by Gasteiger charge is -2.15. The zero-order valence-electron chi connectivity index (χ0n) is 6.13. The third kappa shape index (κ3) is 1.14. The van der Waals surface area contributed by atoms with E-state index in [1.165, 1.54) is 0 Å². The van der Waals surface area contributed by atoms with Gasteiger partial charge in [0, 0.05) is 0 Å². The third-order valence-corrected chi connectivity index (χ3v) is 1.52. The van der Waals surface area contributed by atoms with Crippen LogP contribution in [0.2, 0.25) is 0 Å². The molecule has 0 aromatic carbocycles. The average molecular weight is 187 g/mol. The number of aliphatic hydroxyl groups excluding tert-OH is 3. The van der Waals surface area contributed by atoms with Crippen LogP contribution in [0.5, 0.6) is 0 Å². The molecule has 1 unspecified atom stereocenters. The second-order valence-electron chi connectivity index (χ2n) is 2.28. The summed E-state index contributed by atoms with van der Waals surface area (Å²) in [6.45, 7) is 0. The zero-order chi connectivity index (χ0) is 10.2. The van der Waals surface area contributed by atoms with Crippen LogP contribution in [0, 0.1) is 0 Å². The molecule has 0 aromatic heterocycles. The van der Waals surface area contributed by atoms with E-state index in [2.05, 4.69) is 5.16 Å². The maximum atomic E-state index is 10.9. The molecule has 0 aromatic rings. The van der Waals surface area contributed by atoms with Crippen LogP contribution in [0.25, 0.3) is 0 Å². The van der Waals surface area contributed by atoms with Crippen molar-refractivity contribution in [3.63, 3.8) is 0 Å². The first-order chi connectivity index (χ1) is 6.00. The number of allylic oxidation sites excluding steroid dienone is 1. The topological polar surface area (TPSA) is 127 Å². The molecule has 0 saturated carbocycles. The number of aliphatic hydroxyl groups is 3. The van der Waals surface area contributed by atoms with Gasteiger partial charge in [-0.1, -0.05) is 5.16 Å². The molecule has 0 amide bonds. The van der Waals surface area contributed by atoms with E-state index in [1.807, 2.05) is 0 Å². The van der Waals surface area contributed by atoms with E-state index in [-0.39, 0.29) is 0 Å². The Morgan fingerprint density at radius 2 is 1.69 bits per heavy atom. The number of rotatable bonds is 0. The van der Waals surface area contributed by atoms with E-state index in [1.54, 1.807) is 0 Å². The minimum Gasteiger partial charge on any atom is -0.502 e. The summed E-state index contributed by atoms with van der Waals surface area (Å²) in [6, 6.07) is 0. The van der Waals surface area contributed by atoms with Gasteiger partial charge < -0.3 is 20.5 Å². The Morgan fingerprint density at radius 1 is 1.15 bits per heavy atom. The van der Waals surface area contributed by atoms with Crippen molar-refractivity contribution < 1.29 is 30.1 Å². The van der Waals surface area contributed by atoms with Crippen LogP contribution >= 0.6 is 0 Å². The molecule has 7 nitrogen and oxygen atoms in total. The molecule has 0 saturated heterocycles. The minimum absolute atomic E-state index is 0.916. The largest absolute Gasteiger partial charge is 0.502 e. The van der Waals surface area contributed by atoms with Gasteiger partial charge in [-0.05, 0) is 0 Å². The SMILES string of the molecule is O=C1C(=NO)C(O)C(=O)C(O)=C1O. The quantitative estimate of drug-likeness (QED) is 0.274. The van der Waals surface area contributed by atoms with Crippen molar-refractivity contribution in [2.75, 3.05) is 0 Å². The molecule has 1 rings (SSSR count). The highest BCUT2D eigenvalue weighted by Crippen LogP contribution is 2.13. The fourth-order valence-corrected chi connectivity index (χ4v) is 0.823. The number of carbonyl (C=O) groups excluding carboxylic acids is 2. The Bertz CT molecular complexity index is 341. The normalized spacial score (nSPS) is 27.2. The molecule has 1 aliphatic carbocycles. The maximum absolute atomic E-state index is 10.9. The van der Waals surface area contributed by atoms with E-state index in [9.17, 15) is 9.59 Å². The molecule has 13 heavy (non-hydrogen) atoms. The van der Waals surface area contributed by atoms with Crippen LogP contribution in [0.15, 0.2) is 16.7 Å². The number of oxime groups is 1. The summed E-state index contributed by atoms with van der Waals surface area (Å²) >= 11 is 0. The first-order valence-electron chi connectivity index (χ1n) is 3.11. The summed E-state index contributed by atoms with van der Waals surface area (Å²) in [4.78, 5) is 21.6. The Morgan fingerprint density at radius 3 is 2.15 bits per heavy atom. The predicted molar refractivity (Wildman–Crippen MR) is 37.5 cm³/mol. The molecule has 0 bridgehead atoms. The molecule has 0 aliphatic heterocycles. The Balaban J connectivity index is 3.31. The zero-order valence-corrected chi connectivity index (χ0v) is 6.13. The summed E-state index contributed by atoms with van der Waals surface area (Å²) in [5, 5.41) is 37.0. The van der Waals surface area contributed by atoms with Gasteiger partial charge in [0.25, 0.3) is 5.78 Å². The van der Waals surface area contributed by atoms with E-state index in [4.69, 9.17) is 20.5 Å². The van der Waals surface area contributed by atoms with Gasteiger partial charge in [-0.15, -0.1) is 0 Å². The molecule has 70 valence electrons. The Labute approximate surface area is 71.2 Å². The molecule has 1 atom stereocenters. The van der Waals surface area contributed by atoms with Gasteiger partial charge in [0.05, 0.1) is 0 Å². The minimum atomic E-state index is -2.03. The highest BCUT2D eigenvalue weighted by atomic mass is 16.4. The monoisotopic (exact) mass is 187 g/mol. The smallest absolute Gasteiger partial charge is 0.252 e. The van der Waals surface area contributed by atoms with Gasteiger partial charge in [-0.3, -0.25) is 9.59 Å². The van der Waals surface area contributed by atoms with Gasteiger partial charge >= 0.3 is 0 Å². The summed E-state index contributed by atoms with van der Waals surface area (Å²) in [6.07, 6.45) is -2.03. The van der Waals surface area contributed by atoms with Crippen LogP contribution in [0.3, 0.4) is 0 Å². The fraction of sp³-hybridized carbons (Fsp3) is 0.167. The summed E-state index contributed by atoms with van der Waals surface area (Å²) in [7, 11) is 0. The van der Waals surface area contributed by atoms with Crippen molar-refractivity contribution >= 4 is 17.3 Å². The van der Waals surface area contributed by atoms with Crippen LogP contribution in [-0.2, 0) is 9.59 Å². The number of hydrogen-bond acceptors (Lipinski definition) is 7. The Kier molecular flexibility index (Phi) is 2.03. The first kappa shape index (κ1) is 9.20. The van der Waals surface area contributed by atoms with Crippen molar-refractivity contribution in [1.29, 1.82) is 0 Å². The van der Waals surface area contributed by atoms with Crippen LogP contribution in [-0.4, -0.2) is 43.9 Å². The van der Waals surface area contributed by atoms with Crippen LogP contribution < -0.4 is 0 Å². The lowest BCUT2D eigenvalue weighted by molar-refractivity contribution is -0.126. The second-order valence-corrected chi connectivity index (χ2v) is 2.28. The van der Waals surface area contributed by atoms with Gasteiger partial charge in [-0.25, -0.2) is 0 Å². The Hall–Kier alpha value is -1.89. The molecule has 0 heterocycles. The molecule has 1 aliphatic rings. The molecule has 4 N–H and O–H groups in total. The molecule has 0 fully saturated rings. The van der Waals surface area contributed by atoms with Crippen molar-refractivity contribution in [2.24, 2.45) is 5.16 Å². The third-order valence-electron chi connectivity index (χ3n) is 1.52. The second kappa shape index (κ2) is 2.87.